The highest BCUT2D eigenvalue weighted by atomic mass is 15.3. The van der Waals surface area contributed by atoms with E-state index in [-0.39, 0.29) is 5.54 Å². The van der Waals surface area contributed by atoms with E-state index < -0.39 is 0 Å². The van der Waals surface area contributed by atoms with E-state index in [1.807, 2.05) is 0 Å². The molecular formula is C14H30N4. The molecular weight excluding hydrogens is 224 g/mol. The highest BCUT2D eigenvalue weighted by molar-refractivity contribution is 4.99. The third-order valence-electron chi connectivity index (χ3n) is 4.78. The maximum Gasteiger partial charge on any atom is 0.0462 e. The minimum absolute atomic E-state index is 0.220. The summed E-state index contributed by atoms with van der Waals surface area (Å²) >= 11 is 0. The summed E-state index contributed by atoms with van der Waals surface area (Å²) in [5.41, 5.74) is 6.42. The Bertz CT molecular complexity index is 271. The normalized spacial score (nSPS) is 37.7. The fourth-order valence-electron chi connectivity index (χ4n) is 3.93. The second-order valence-electron chi connectivity index (χ2n) is 6.43. The molecule has 2 unspecified atom stereocenters. The Morgan fingerprint density at radius 3 is 2.50 bits per heavy atom. The molecule has 4 nitrogen and oxygen atoms in total. The van der Waals surface area contributed by atoms with Crippen LogP contribution >= 0.6 is 0 Å². The van der Waals surface area contributed by atoms with E-state index in [0.717, 1.165) is 13.1 Å². The van der Waals surface area contributed by atoms with Gasteiger partial charge >= 0.3 is 0 Å². The number of nitrogens with two attached hydrogens (primary N) is 1. The first-order valence-corrected chi connectivity index (χ1v) is 7.41. The Balaban J connectivity index is 2.14. The Labute approximate surface area is 112 Å². The monoisotopic (exact) mass is 254 g/mol. The van der Waals surface area contributed by atoms with Crippen molar-refractivity contribution in [1.29, 1.82) is 0 Å². The van der Waals surface area contributed by atoms with Crippen molar-refractivity contribution in [2.75, 3.05) is 53.4 Å². The van der Waals surface area contributed by atoms with Crippen LogP contribution in [-0.4, -0.2) is 79.6 Å². The van der Waals surface area contributed by atoms with Gasteiger partial charge in [-0.1, -0.05) is 0 Å². The average molecular weight is 254 g/mol. The van der Waals surface area contributed by atoms with Crippen molar-refractivity contribution in [2.24, 2.45) is 5.73 Å². The highest BCUT2D eigenvalue weighted by Gasteiger charge is 2.41. The molecule has 4 heteroatoms. The fourth-order valence-corrected chi connectivity index (χ4v) is 3.93. The van der Waals surface area contributed by atoms with E-state index in [0.29, 0.717) is 6.04 Å². The number of hydrogen-bond donors (Lipinski definition) is 1. The maximum atomic E-state index is 6.20. The van der Waals surface area contributed by atoms with Crippen molar-refractivity contribution in [3.63, 3.8) is 0 Å². The van der Waals surface area contributed by atoms with Crippen molar-refractivity contribution in [2.45, 2.75) is 37.8 Å². The second kappa shape index (κ2) is 5.87. The minimum atomic E-state index is 0.220. The van der Waals surface area contributed by atoms with Crippen molar-refractivity contribution in [3.05, 3.63) is 0 Å². The topological polar surface area (TPSA) is 35.7 Å². The SMILES string of the molecule is CC1CN(C)CCCN1C1(CN)CCCN(C)C1. The summed E-state index contributed by atoms with van der Waals surface area (Å²) in [5, 5.41) is 0. The van der Waals surface area contributed by atoms with Gasteiger partial charge in [-0.25, -0.2) is 0 Å². The van der Waals surface area contributed by atoms with Gasteiger partial charge in [0.2, 0.25) is 0 Å². The van der Waals surface area contributed by atoms with E-state index in [1.165, 1.54) is 45.4 Å². The van der Waals surface area contributed by atoms with Gasteiger partial charge in [0.05, 0.1) is 0 Å². The van der Waals surface area contributed by atoms with Crippen LogP contribution in [0.4, 0.5) is 0 Å². The van der Waals surface area contributed by atoms with Crippen LogP contribution in [0.1, 0.15) is 26.2 Å². The molecule has 0 aromatic rings. The van der Waals surface area contributed by atoms with Crippen LogP contribution < -0.4 is 5.73 Å². The molecule has 2 saturated heterocycles. The van der Waals surface area contributed by atoms with Gasteiger partial charge < -0.3 is 15.5 Å². The molecule has 0 aliphatic carbocycles. The first-order valence-electron chi connectivity index (χ1n) is 7.41. The summed E-state index contributed by atoms with van der Waals surface area (Å²) in [6.07, 6.45) is 3.82. The quantitative estimate of drug-likeness (QED) is 0.775. The van der Waals surface area contributed by atoms with Gasteiger partial charge in [-0.15, -0.1) is 0 Å². The van der Waals surface area contributed by atoms with Crippen LogP contribution in [0, 0.1) is 0 Å². The van der Waals surface area contributed by atoms with E-state index in [9.17, 15) is 0 Å². The molecule has 0 saturated carbocycles. The van der Waals surface area contributed by atoms with E-state index in [1.54, 1.807) is 0 Å². The number of piperidine rings is 1. The first-order chi connectivity index (χ1) is 8.57. The van der Waals surface area contributed by atoms with Gasteiger partial charge in [-0.3, -0.25) is 4.90 Å². The lowest BCUT2D eigenvalue weighted by Crippen LogP contribution is -2.64. The average Bonchev–Trinajstić information content (AvgIpc) is 2.50. The molecule has 0 radical (unpaired) electrons. The summed E-state index contributed by atoms with van der Waals surface area (Å²) in [6.45, 7) is 9.12. The van der Waals surface area contributed by atoms with Crippen LogP contribution in [0.3, 0.4) is 0 Å². The molecule has 0 spiro atoms. The number of likely N-dealkylation sites (tertiary alicyclic amines) is 1. The zero-order chi connectivity index (χ0) is 13.2. The molecule has 106 valence electrons. The molecule has 0 aromatic heterocycles. The maximum absolute atomic E-state index is 6.20. The number of likely N-dealkylation sites (N-methyl/N-ethyl adjacent to an activating group) is 2. The van der Waals surface area contributed by atoms with Crippen LogP contribution in [-0.2, 0) is 0 Å². The summed E-state index contributed by atoms with van der Waals surface area (Å²) in [5.74, 6) is 0. The molecule has 2 aliphatic rings. The van der Waals surface area contributed by atoms with Crippen LogP contribution in [0.25, 0.3) is 0 Å². The summed E-state index contributed by atoms with van der Waals surface area (Å²) in [6, 6.07) is 0.618. The van der Waals surface area contributed by atoms with Crippen molar-refractivity contribution in [1.82, 2.24) is 14.7 Å². The lowest BCUT2D eigenvalue weighted by atomic mass is 9.86. The molecule has 2 N–H and O–H groups in total. The minimum Gasteiger partial charge on any atom is -0.329 e. The second-order valence-corrected chi connectivity index (χ2v) is 6.43. The molecule has 18 heavy (non-hydrogen) atoms. The number of nitrogens with zero attached hydrogens (tertiary/aromatic N) is 3. The van der Waals surface area contributed by atoms with Crippen molar-refractivity contribution in [3.8, 4) is 0 Å². The van der Waals surface area contributed by atoms with Crippen LogP contribution in [0.5, 0.6) is 0 Å². The van der Waals surface area contributed by atoms with Gasteiger partial charge in [-0.2, -0.15) is 0 Å². The molecule has 0 bridgehead atoms. The third kappa shape index (κ3) is 2.87. The van der Waals surface area contributed by atoms with Gasteiger partial charge in [0, 0.05) is 37.8 Å². The van der Waals surface area contributed by atoms with Crippen molar-refractivity contribution < 1.29 is 0 Å². The molecule has 2 heterocycles. The predicted molar refractivity (Wildman–Crippen MR) is 76.8 cm³/mol. The van der Waals surface area contributed by atoms with Crippen LogP contribution in [0.2, 0.25) is 0 Å². The highest BCUT2D eigenvalue weighted by Crippen LogP contribution is 2.29. The number of hydrogen-bond acceptors (Lipinski definition) is 4. The summed E-state index contributed by atoms with van der Waals surface area (Å²) in [4.78, 5) is 7.63. The molecule has 2 rings (SSSR count). The van der Waals surface area contributed by atoms with Gasteiger partial charge in [0.25, 0.3) is 0 Å². The van der Waals surface area contributed by atoms with E-state index in [2.05, 4.69) is 35.7 Å². The Morgan fingerprint density at radius 1 is 1.11 bits per heavy atom. The van der Waals surface area contributed by atoms with Crippen molar-refractivity contribution >= 4 is 0 Å². The Kier molecular flexibility index (Phi) is 4.64. The van der Waals surface area contributed by atoms with Gasteiger partial charge in [-0.05, 0) is 53.4 Å². The first kappa shape index (κ1) is 14.3. The zero-order valence-electron chi connectivity index (χ0n) is 12.4. The summed E-state index contributed by atoms with van der Waals surface area (Å²) in [7, 11) is 4.47. The van der Waals surface area contributed by atoms with E-state index in [4.69, 9.17) is 5.73 Å². The smallest absolute Gasteiger partial charge is 0.0462 e. The molecule has 2 atom stereocenters. The standard InChI is InChI=1S/C14H30N4/c1-13-10-16(2)8-5-9-18(13)14(11-15)6-4-7-17(3)12-14/h13H,4-12,15H2,1-3H3. The number of rotatable bonds is 2. The lowest BCUT2D eigenvalue weighted by Gasteiger charge is -2.50. The fraction of sp³-hybridized carbons (Fsp3) is 1.00. The molecule has 0 amide bonds. The molecule has 2 fully saturated rings. The Morgan fingerprint density at radius 2 is 1.83 bits per heavy atom. The van der Waals surface area contributed by atoms with Gasteiger partial charge in [0.1, 0.15) is 0 Å². The third-order valence-corrected chi connectivity index (χ3v) is 4.78. The molecule has 2 aliphatic heterocycles. The lowest BCUT2D eigenvalue weighted by molar-refractivity contribution is 0.00201. The summed E-state index contributed by atoms with van der Waals surface area (Å²) < 4.78 is 0. The Hall–Kier alpha value is -0.160. The molecule has 0 aromatic carbocycles. The van der Waals surface area contributed by atoms with E-state index >= 15 is 0 Å². The predicted octanol–water partition coefficient (Wildman–Crippen LogP) is 0.436. The largest absolute Gasteiger partial charge is 0.329 e. The van der Waals surface area contributed by atoms with Gasteiger partial charge in [0.15, 0.2) is 0 Å². The van der Waals surface area contributed by atoms with Crippen LogP contribution in [0.15, 0.2) is 0 Å². The zero-order valence-corrected chi connectivity index (χ0v) is 12.4.